The number of aliphatic imine (C=N–C) groups is 1. The second-order valence-electron chi connectivity index (χ2n) is 6.71. The van der Waals surface area contributed by atoms with E-state index in [1.807, 2.05) is 0 Å². The van der Waals surface area contributed by atoms with Crippen LogP contribution >= 0.6 is 0 Å². The molecule has 1 saturated carbocycles. The summed E-state index contributed by atoms with van der Waals surface area (Å²) in [4.78, 5) is 7.91. The van der Waals surface area contributed by atoms with Crippen LogP contribution in [0, 0.1) is 5.41 Å². The van der Waals surface area contributed by atoms with Crippen LogP contribution in [0.3, 0.4) is 0 Å². The number of hydrogen-bond acceptors (Lipinski definition) is 2. The Morgan fingerprint density at radius 1 is 1.32 bits per heavy atom. The van der Waals surface area contributed by atoms with Crippen LogP contribution in [-0.2, 0) is 0 Å². The minimum Gasteiger partial charge on any atom is -0.356 e. The lowest BCUT2D eigenvalue weighted by atomic mass is 9.68. The van der Waals surface area contributed by atoms with Gasteiger partial charge in [-0.2, -0.15) is 13.2 Å². The molecule has 7 heteroatoms. The first-order valence-corrected chi connectivity index (χ1v) is 8.04. The van der Waals surface area contributed by atoms with E-state index in [4.69, 9.17) is 0 Å². The topological polar surface area (TPSA) is 30.9 Å². The molecule has 0 amide bonds. The highest BCUT2D eigenvalue weighted by atomic mass is 19.4. The molecule has 1 aliphatic heterocycles. The molecule has 1 N–H and O–H groups in total. The predicted octanol–water partition coefficient (Wildman–Crippen LogP) is 2.32. The average Bonchev–Trinajstić information content (AvgIpc) is 2.82. The van der Waals surface area contributed by atoms with Gasteiger partial charge in [-0.3, -0.25) is 9.89 Å². The summed E-state index contributed by atoms with van der Waals surface area (Å²) < 4.78 is 36.7. The zero-order valence-electron chi connectivity index (χ0n) is 13.5. The minimum atomic E-state index is -4.12. The summed E-state index contributed by atoms with van der Waals surface area (Å²) in [6.45, 7) is 2.33. The smallest absolute Gasteiger partial charge is 0.356 e. The second-order valence-corrected chi connectivity index (χ2v) is 6.71. The number of nitrogens with zero attached hydrogens (tertiary/aromatic N) is 3. The van der Waals surface area contributed by atoms with Crippen molar-refractivity contribution in [3.63, 3.8) is 0 Å². The standard InChI is InChI=1S/C15H27F3N4/c1-19-13(22-10-7-14(11-22)5-3-6-14)20-8-4-9-21(2)12-15(16,17)18/h3-12H2,1-2H3,(H,19,20). The van der Waals surface area contributed by atoms with Crippen molar-refractivity contribution < 1.29 is 13.2 Å². The molecular weight excluding hydrogens is 293 g/mol. The largest absolute Gasteiger partial charge is 0.401 e. The summed E-state index contributed by atoms with van der Waals surface area (Å²) >= 11 is 0. The van der Waals surface area contributed by atoms with E-state index in [0.29, 0.717) is 24.9 Å². The van der Waals surface area contributed by atoms with Crippen molar-refractivity contribution in [2.24, 2.45) is 10.4 Å². The van der Waals surface area contributed by atoms with Crippen LogP contribution in [0.5, 0.6) is 0 Å². The van der Waals surface area contributed by atoms with Gasteiger partial charge in [-0.25, -0.2) is 0 Å². The minimum absolute atomic E-state index is 0.424. The molecule has 2 fully saturated rings. The van der Waals surface area contributed by atoms with Gasteiger partial charge in [0, 0.05) is 26.7 Å². The Bertz CT molecular complexity index is 391. The molecule has 22 heavy (non-hydrogen) atoms. The SMILES string of the molecule is CN=C(NCCCN(C)CC(F)(F)F)N1CCC2(CCC2)C1. The van der Waals surface area contributed by atoms with Crippen molar-refractivity contribution in [2.45, 2.75) is 38.3 Å². The first-order valence-electron chi connectivity index (χ1n) is 8.04. The van der Waals surface area contributed by atoms with E-state index in [2.05, 4.69) is 15.2 Å². The zero-order valence-corrected chi connectivity index (χ0v) is 13.5. The lowest BCUT2D eigenvalue weighted by molar-refractivity contribution is -0.143. The summed E-state index contributed by atoms with van der Waals surface area (Å²) in [5, 5.41) is 3.28. The molecule has 0 unspecified atom stereocenters. The van der Waals surface area contributed by atoms with Crippen LogP contribution in [0.4, 0.5) is 13.2 Å². The molecule has 128 valence electrons. The number of alkyl halides is 3. The predicted molar refractivity (Wildman–Crippen MR) is 82.0 cm³/mol. The second kappa shape index (κ2) is 7.06. The molecule has 1 saturated heterocycles. The van der Waals surface area contributed by atoms with Crippen LogP contribution < -0.4 is 5.32 Å². The molecular formula is C15H27F3N4. The Balaban J connectivity index is 1.65. The maximum atomic E-state index is 12.2. The van der Waals surface area contributed by atoms with Crippen molar-refractivity contribution in [3.05, 3.63) is 0 Å². The van der Waals surface area contributed by atoms with E-state index in [1.54, 1.807) is 7.05 Å². The lowest BCUT2D eigenvalue weighted by Crippen LogP contribution is -2.43. The highest BCUT2D eigenvalue weighted by molar-refractivity contribution is 5.80. The normalized spacial score (nSPS) is 21.5. The molecule has 1 aliphatic carbocycles. The first-order chi connectivity index (χ1) is 10.3. The molecule has 1 heterocycles. The number of guanidine groups is 1. The summed E-state index contributed by atoms with van der Waals surface area (Å²) in [7, 11) is 3.27. The maximum Gasteiger partial charge on any atom is 0.401 e. The van der Waals surface area contributed by atoms with Gasteiger partial charge in [0.1, 0.15) is 0 Å². The summed E-state index contributed by atoms with van der Waals surface area (Å²) in [5.41, 5.74) is 0.518. The molecule has 2 rings (SSSR count). The van der Waals surface area contributed by atoms with Crippen LogP contribution in [0.1, 0.15) is 32.1 Å². The number of halogens is 3. The zero-order chi connectivity index (χ0) is 16.2. The fourth-order valence-corrected chi connectivity index (χ4v) is 3.47. The Kier molecular flexibility index (Phi) is 5.58. The molecule has 2 aliphatic rings. The Hall–Kier alpha value is -0.980. The molecule has 1 spiro atoms. The molecule has 0 aromatic rings. The van der Waals surface area contributed by atoms with Crippen molar-refractivity contribution in [3.8, 4) is 0 Å². The Morgan fingerprint density at radius 2 is 2.05 bits per heavy atom. The van der Waals surface area contributed by atoms with E-state index in [9.17, 15) is 13.2 Å². The van der Waals surface area contributed by atoms with E-state index in [0.717, 1.165) is 19.0 Å². The molecule has 4 nitrogen and oxygen atoms in total. The molecule has 0 radical (unpaired) electrons. The third kappa shape index (κ3) is 4.76. The van der Waals surface area contributed by atoms with E-state index < -0.39 is 12.7 Å². The molecule has 0 atom stereocenters. The van der Waals surface area contributed by atoms with Gasteiger partial charge in [0.05, 0.1) is 6.54 Å². The van der Waals surface area contributed by atoms with Gasteiger partial charge in [-0.1, -0.05) is 6.42 Å². The molecule has 0 bridgehead atoms. The van der Waals surface area contributed by atoms with Crippen molar-refractivity contribution >= 4 is 5.96 Å². The fraction of sp³-hybridized carbons (Fsp3) is 0.933. The van der Waals surface area contributed by atoms with Crippen molar-refractivity contribution in [1.29, 1.82) is 0 Å². The van der Waals surface area contributed by atoms with Crippen LogP contribution in [-0.4, -0.2) is 68.8 Å². The third-order valence-electron chi connectivity index (χ3n) is 4.81. The van der Waals surface area contributed by atoms with Crippen LogP contribution in [0.2, 0.25) is 0 Å². The van der Waals surface area contributed by atoms with E-state index in [-0.39, 0.29) is 0 Å². The summed E-state index contributed by atoms with van der Waals surface area (Å²) in [6.07, 6.45) is 1.77. The Labute approximate surface area is 130 Å². The summed E-state index contributed by atoms with van der Waals surface area (Å²) in [5.74, 6) is 0.891. The highest BCUT2D eigenvalue weighted by Gasteiger charge is 2.43. The van der Waals surface area contributed by atoms with Gasteiger partial charge in [-0.05, 0) is 44.7 Å². The van der Waals surface area contributed by atoms with Gasteiger partial charge < -0.3 is 10.2 Å². The quantitative estimate of drug-likeness (QED) is 0.479. The summed E-state index contributed by atoms with van der Waals surface area (Å²) in [6, 6.07) is 0. The lowest BCUT2D eigenvalue weighted by Gasteiger charge is -2.38. The Morgan fingerprint density at radius 3 is 2.55 bits per heavy atom. The fourth-order valence-electron chi connectivity index (χ4n) is 3.47. The highest BCUT2D eigenvalue weighted by Crippen LogP contribution is 2.47. The maximum absolute atomic E-state index is 12.2. The molecule has 0 aromatic carbocycles. The first kappa shape index (κ1) is 17.4. The number of nitrogens with one attached hydrogen (secondary N) is 1. The number of rotatable bonds is 5. The third-order valence-corrected chi connectivity index (χ3v) is 4.81. The van der Waals surface area contributed by atoms with Gasteiger partial charge in [0.2, 0.25) is 0 Å². The van der Waals surface area contributed by atoms with Crippen LogP contribution in [0.15, 0.2) is 4.99 Å². The van der Waals surface area contributed by atoms with Crippen molar-refractivity contribution in [2.75, 3.05) is 46.8 Å². The van der Waals surface area contributed by atoms with Gasteiger partial charge in [-0.15, -0.1) is 0 Å². The monoisotopic (exact) mass is 320 g/mol. The molecule has 0 aromatic heterocycles. The van der Waals surface area contributed by atoms with Crippen LogP contribution in [0.25, 0.3) is 0 Å². The average molecular weight is 320 g/mol. The van der Waals surface area contributed by atoms with Gasteiger partial charge in [0.15, 0.2) is 5.96 Å². The van der Waals surface area contributed by atoms with Crippen molar-refractivity contribution in [1.82, 2.24) is 15.1 Å². The van der Waals surface area contributed by atoms with E-state index >= 15 is 0 Å². The number of hydrogen-bond donors (Lipinski definition) is 1. The van der Waals surface area contributed by atoms with Gasteiger partial charge >= 0.3 is 6.18 Å². The van der Waals surface area contributed by atoms with Gasteiger partial charge in [0.25, 0.3) is 0 Å². The number of likely N-dealkylation sites (tertiary alicyclic amines) is 1. The van der Waals surface area contributed by atoms with E-state index in [1.165, 1.54) is 37.6 Å².